The molecule has 0 fully saturated rings. The number of carbonyl (C=O) groups is 2. The summed E-state index contributed by atoms with van der Waals surface area (Å²) in [4.78, 5) is 25.4. The molecule has 0 aliphatic rings. The summed E-state index contributed by atoms with van der Waals surface area (Å²) in [6, 6.07) is 11.3. The molecule has 0 unspecified atom stereocenters. The number of hydrazine groups is 1. The maximum Gasteiger partial charge on any atom is 0.276 e. The fourth-order valence-electron chi connectivity index (χ4n) is 1.77. The van der Waals surface area contributed by atoms with E-state index in [-0.39, 0.29) is 6.61 Å². The minimum Gasteiger partial charge on any atom is -0.483 e. The van der Waals surface area contributed by atoms with Crippen molar-refractivity contribution < 1.29 is 14.3 Å². The van der Waals surface area contributed by atoms with Crippen LogP contribution in [0.25, 0.3) is 6.08 Å². The van der Waals surface area contributed by atoms with E-state index in [9.17, 15) is 9.59 Å². The molecular formula is C17H18N2O3S. The maximum absolute atomic E-state index is 11.6. The molecule has 0 bridgehead atoms. The van der Waals surface area contributed by atoms with Crippen LogP contribution in [-0.2, 0) is 9.59 Å². The van der Waals surface area contributed by atoms with Crippen molar-refractivity contribution in [3.63, 3.8) is 0 Å². The van der Waals surface area contributed by atoms with E-state index >= 15 is 0 Å². The van der Waals surface area contributed by atoms with Crippen molar-refractivity contribution in [1.82, 2.24) is 10.9 Å². The molecule has 6 heteroatoms. The summed E-state index contributed by atoms with van der Waals surface area (Å²) in [6.07, 6.45) is 3.07. The van der Waals surface area contributed by atoms with Crippen LogP contribution >= 0.6 is 11.3 Å². The van der Waals surface area contributed by atoms with Gasteiger partial charge in [-0.1, -0.05) is 18.2 Å². The zero-order valence-corrected chi connectivity index (χ0v) is 13.8. The van der Waals surface area contributed by atoms with Gasteiger partial charge in [-0.3, -0.25) is 20.4 Å². The van der Waals surface area contributed by atoms with Crippen molar-refractivity contribution >= 4 is 29.2 Å². The average Bonchev–Trinajstić information content (AvgIpc) is 2.95. The van der Waals surface area contributed by atoms with Crippen LogP contribution in [-0.4, -0.2) is 18.4 Å². The number of hydrogen-bond donors (Lipinski definition) is 2. The Hall–Kier alpha value is -2.60. The van der Waals surface area contributed by atoms with Crippen LogP contribution in [0.2, 0.25) is 0 Å². The molecule has 2 N–H and O–H groups in total. The summed E-state index contributed by atoms with van der Waals surface area (Å²) in [5, 5.41) is 0. The molecular weight excluding hydrogens is 312 g/mol. The van der Waals surface area contributed by atoms with Crippen molar-refractivity contribution in [3.05, 3.63) is 57.8 Å². The fraction of sp³-hybridized carbons (Fsp3) is 0.176. The number of ether oxygens (including phenoxy) is 1. The van der Waals surface area contributed by atoms with Gasteiger partial charge in [0.1, 0.15) is 5.75 Å². The third-order valence-electron chi connectivity index (χ3n) is 2.94. The van der Waals surface area contributed by atoms with E-state index in [1.54, 1.807) is 23.5 Å². The molecule has 120 valence electrons. The first-order valence-electron chi connectivity index (χ1n) is 7.06. The third-order valence-corrected chi connectivity index (χ3v) is 3.90. The van der Waals surface area contributed by atoms with Crippen LogP contribution < -0.4 is 15.6 Å². The van der Waals surface area contributed by atoms with E-state index in [4.69, 9.17) is 4.74 Å². The molecule has 0 atom stereocenters. The second-order valence-electron chi connectivity index (χ2n) is 4.87. The Kier molecular flexibility index (Phi) is 5.94. The van der Waals surface area contributed by atoms with Crippen LogP contribution in [0.5, 0.6) is 5.75 Å². The summed E-state index contributed by atoms with van der Waals surface area (Å²) in [5.74, 6) is -0.191. The average molecular weight is 330 g/mol. The first-order chi connectivity index (χ1) is 11.0. The van der Waals surface area contributed by atoms with E-state index in [1.807, 2.05) is 44.2 Å². The normalized spacial score (nSPS) is 10.5. The molecule has 0 aliphatic heterocycles. The highest BCUT2D eigenvalue weighted by molar-refractivity contribution is 7.12. The summed E-state index contributed by atoms with van der Waals surface area (Å²) in [5.41, 5.74) is 5.56. The van der Waals surface area contributed by atoms with Gasteiger partial charge in [0.25, 0.3) is 11.8 Å². The molecule has 0 radical (unpaired) electrons. The monoisotopic (exact) mass is 330 g/mol. The lowest BCUT2D eigenvalue weighted by Gasteiger charge is -2.09. The molecule has 2 rings (SSSR count). The Balaban J connectivity index is 1.72. The van der Waals surface area contributed by atoms with Gasteiger partial charge >= 0.3 is 0 Å². The van der Waals surface area contributed by atoms with Gasteiger partial charge in [-0.2, -0.15) is 0 Å². The number of hydrogen-bond acceptors (Lipinski definition) is 4. The molecule has 2 amide bonds. The smallest absolute Gasteiger partial charge is 0.276 e. The van der Waals surface area contributed by atoms with Gasteiger partial charge in [-0.05, 0) is 43.7 Å². The number of benzene rings is 1. The van der Waals surface area contributed by atoms with Crippen molar-refractivity contribution in [2.45, 2.75) is 13.8 Å². The summed E-state index contributed by atoms with van der Waals surface area (Å²) in [6.45, 7) is 3.72. The highest BCUT2D eigenvalue weighted by Gasteiger charge is 2.05. The first kappa shape index (κ1) is 16.8. The minimum atomic E-state index is -0.429. The SMILES string of the molecule is Cc1ccc(/C=C/C(=O)NNC(=O)COc2ccccc2C)s1. The van der Waals surface area contributed by atoms with Crippen LogP contribution in [0, 0.1) is 13.8 Å². The molecule has 0 saturated carbocycles. The van der Waals surface area contributed by atoms with Crippen molar-refractivity contribution in [2.24, 2.45) is 0 Å². The number of para-hydroxylation sites is 1. The Morgan fingerprint density at radius 3 is 2.61 bits per heavy atom. The molecule has 23 heavy (non-hydrogen) atoms. The first-order valence-corrected chi connectivity index (χ1v) is 7.88. The number of rotatable bonds is 5. The molecule has 0 saturated heterocycles. The van der Waals surface area contributed by atoms with Crippen LogP contribution in [0.4, 0.5) is 0 Å². The zero-order valence-electron chi connectivity index (χ0n) is 13.0. The van der Waals surface area contributed by atoms with Gasteiger partial charge < -0.3 is 4.74 Å². The van der Waals surface area contributed by atoms with E-state index in [1.165, 1.54) is 11.0 Å². The Labute approximate surface area is 139 Å². The third kappa shape index (κ3) is 5.60. The van der Waals surface area contributed by atoms with Crippen molar-refractivity contribution in [3.8, 4) is 5.75 Å². The maximum atomic E-state index is 11.6. The highest BCUT2D eigenvalue weighted by Crippen LogP contribution is 2.16. The second-order valence-corrected chi connectivity index (χ2v) is 6.19. The molecule has 5 nitrogen and oxygen atoms in total. The van der Waals surface area contributed by atoms with Gasteiger partial charge in [-0.15, -0.1) is 11.3 Å². The highest BCUT2D eigenvalue weighted by atomic mass is 32.1. The Morgan fingerprint density at radius 1 is 1.13 bits per heavy atom. The largest absolute Gasteiger partial charge is 0.483 e. The number of aryl methyl sites for hydroxylation is 2. The topological polar surface area (TPSA) is 67.4 Å². The Bertz CT molecular complexity index is 722. The predicted molar refractivity (Wildman–Crippen MR) is 91.0 cm³/mol. The number of nitrogens with one attached hydrogen (secondary N) is 2. The lowest BCUT2D eigenvalue weighted by molar-refractivity contribution is -0.128. The molecule has 1 heterocycles. The number of thiophene rings is 1. The summed E-state index contributed by atoms with van der Waals surface area (Å²) < 4.78 is 5.38. The predicted octanol–water partition coefficient (Wildman–Crippen LogP) is 2.60. The molecule has 1 aromatic carbocycles. The van der Waals surface area contributed by atoms with Crippen LogP contribution in [0.3, 0.4) is 0 Å². The quantitative estimate of drug-likeness (QED) is 0.654. The Morgan fingerprint density at radius 2 is 1.91 bits per heavy atom. The number of carbonyl (C=O) groups excluding carboxylic acids is 2. The van der Waals surface area contributed by atoms with Crippen molar-refractivity contribution in [2.75, 3.05) is 6.61 Å². The molecule has 2 aromatic rings. The van der Waals surface area contributed by atoms with Crippen LogP contribution in [0.1, 0.15) is 15.3 Å². The van der Waals surface area contributed by atoms with E-state index in [0.29, 0.717) is 5.75 Å². The fourth-order valence-corrected chi connectivity index (χ4v) is 2.55. The summed E-state index contributed by atoms with van der Waals surface area (Å²) >= 11 is 1.59. The lowest BCUT2D eigenvalue weighted by atomic mass is 10.2. The molecule has 1 aromatic heterocycles. The van der Waals surface area contributed by atoms with E-state index in [2.05, 4.69) is 10.9 Å². The standard InChI is InChI=1S/C17H18N2O3S/c1-12-5-3-4-6-15(12)22-11-17(21)19-18-16(20)10-9-14-8-7-13(2)23-14/h3-10H,11H2,1-2H3,(H,18,20)(H,19,21)/b10-9+. The molecule has 0 aliphatic carbocycles. The lowest BCUT2D eigenvalue weighted by Crippen LogP contribution is -2.43. The van der Waals surface area contributed by atoms with Crippen molar-refractivity contribution in [1.29, 1.82) is 0 Å². The van der Waals surface area contributed by atoms with Crippen LogP contribution in [0.15, 0.2) is 42.5 Å². The van der Waals surface area contributed by atoms with Gasteiger partial charge in [0.2, 0.25) is 0 Å². The number of amides is 2. The zero-order chi connectivity index (χ0) is 16.7. The minimum absolute atomic E-state index is 0.168. The van der Waals surface area contributed by atoms with Gasteiger partial charge in [0, 0.05) is 15.8 Å². The molecule has 0 spiro atoms. The van der Waals surface area contributed by atoms with Gasteiger partial charge in [-0.25, -0.2) is 0 Å². The van der Waals surface area contributed by atoms with E-state index in [0.717, 1.165) is 10.4 Å². The van der Waals surface area contributed by atoms with Gasteiger partial charge in [0.05, 0.1) is 0 Å². The summed E-state index contributed by atoms with van der Waals surface area (Å²) in [7, 11) is 0. The van der Waals surface area contributed by atoms with Gasteiger partial charge in [0.15, 0.2) is 6.61 Å². The second kappa shape index (κ2) is 8.14. The van der Waals surface area contributed by atoms with E-state index < -0.39 is 11.8 Å².